The number of carbonyl (C=O) groups excluding carboxylic acids is 1. The highest BCUT2D eigenvalue weighted by Gasteiger charge is 2.25. The number of carbonyl (C=O) groups is 1. The number of benzene rings is 1. The lowest BCUT2D eigenvalue weighted by molar-refractivity contribution is -0.112. The molecule has 124 valence electrons. The van der Waals surface area contributed by atoms with Crippen molar-refractivity contribution in [1.82, 2.24) is 0 Å². The number of thioether (sulfide) groups is 1. The number of thiophene rings is 1. The second-order valence-electron chi connectivity index (χ2n) is 6.60. The van der Waals surface area contributed by atoms with Crippen LogP contribution in [0.15, 0.2) is 23.1 Å². The Balaban J connectivity index is 1.57. The lowest BCUT2D eigenvalue weighted by atomic mass is 9.95. The largest absolute Gasteiger partial charge is 0.322 e. The molecule has 24 heavy (non-hydrogen) atoms. The number of anilines is 1. The predicted molar refractivity (Wildman–Crippen MR) is 105 cm³/mol. The summed E-state index contributed by atoms with van der Waals surface area (Å²) in [5.41, 5.74) is 6.39. The Bertz CT molecular complexity index is 848. The van der Waals surface area contributed by atoms with Crippen LogP contribution >= 0.6 is 23.1 Å². The fourth-order valence-corrected chi connectivity index (χ4v) is 5.92. The van der Waals surface area contributed by atoms with Crippen LogP contribution in [0.3, 0.4) is 0 Å². The van der Waals surface area contributed by atoms with Gasteiger partial charge in [-0.1, -0.05) is 6.07 Å². The van der Waals surface area contributed by atoms with E-state index in [1.807, 2.05) is 23.5 Å². The number of nitrogens with one attached hydrogen (secondary N) is 1. The number of aryl methyl sites for hydroxylation is 3. The Morgan fingerprint density at radius 3 is 2.75 bits per heavy atom. The summed E-state index contributed by atoms with van der Waals surface area (Å²) in [5, 5.41) is 3.05. The molecule has 2 heterocycles. The van der Waals surface area contributed by atoms with E-state index in [4.69, 9.17) is 0 Å². The van der Waals surface area contributed by atoms with Crippen LogP contribution in [-0.4, -0.2) is 5.91 Å². The van der Waals surface area contributed by atoms with Gasteiger partial charge < -0.3 is 5.32 Å². The predicted octanol–water partition coefficient (Wildman–Crippen LogP) is 5.47. The molecule has 0 saturated heterocycles. The molecule has 4 rings (SSSR count). The number of rotatable bonds is 2. The van der Waals surface area contributed by atoms with E-state index < -0.39 is 0 Å². The van der Waals surface area contributed by atoms with E-state index in [1.54, 1.807) is 22.2 Å². The van der Waals surface area contributed by atoms with E-state index in [0.717, 1.165) is 16.3 Å². The average Bonchev–Trinajstić information content (AvgIpc) is 2.96. The topological polar surface area (TPSA) is 29.1 Å². The van der Waals surface area contributed by atoms with Crippen LogP contribution in [0.4, 0.5) is 5.69 Å². The van der Waals surface area contributed by atoms with Crippen molar-refractivity contribution in [2.24, 2.45) is 0 Å². The Hall–Kier alpha value is -1.52. The standard InChI is InChI=1S/C20H21NOS2/c1-12-7-8-14(9-13(12)2)21-20(22)19-10-18-16(11-23-19)15-5-3-4-6-17(15)24-18/h7-10H,3-6,11H2,1-2H3,(H,21,22). The highest BCUT2D eigenvalue weighted by Crippen LogP contribution is 2.42. The highest BCUT2D eigenvalue weighted by atomic mass is 32.2. The first-order valence-corrected chi connectivity index (χ1v) is 10.3. The molecule has 0 fully saturated rings. The van der Waals surface area contributed by atoms with Gasteiger partial charge in [-0.05, 0) is 80.0 Å². The number of hydrogen-bond acceptors (Lipinski definition) is 3. The first kappa shape index (κ1) is 16.0. The number of fused-ring (bicyclic) bond motifs is 3. The molecule has 2 aromatic rings. The Kier molecular flexibility index (Phi) is 4.27. The minimum atomic E-state index is 0.0141. The molecule has 0 unspecified atom stereocenters. The normalized spacial score (nSPS) is 16.2. The maximum atomic E-state index is 12.6. The van der Waals surface area contributed by atoms with Gasteiger partial charge in [-0.15, -0.1) is 23.1 Å². The van der Waals surface area contributed by atoms with Crippen LogP contribution < -0.4 is 5.32 Å². The summed E-state index contributed by atoms with van der Waals surface area (Å²) in [7, 11) is 0. The number of amides is 1. The van der Waals surface area contributed by atoms with Crippen LogP contribution in [0.25, 0.3) is 6.08 Å². The van der Waals surface area contributed by atoms with Crippen LogP contribution in [0.5, 0.6) is 0 Å². The van der Waals surface area contributed by atoms with Gasteiger partial charge in [0.2, 0.25) is 0 Å². The van der Waals surface area contributed by atoms with Crippen LogP contribution in [0.2, 0.25) is 0 Å². The van der Waals surface area contributed by atoms with E-state index in [2.05, 4.69) is 31.3 Å². The first-order chi connectivity index (χ1) is 11.6. The van der Waals surface area contributed by atoms with Crippen molar-refractivity contribution in [1.29, 1.82) is 0 Å². The zero-order valence-corrected chi connectivity index (χ0v) is 15.7. The SMILES string of the molecule is Cc1ccc(NC(=O)C2=Cc3sc4c(c3CS2)CCCC4)cc1C. The maximum Gasteiger partial charge on any atom is 0.262 e. The molecule has 1 aliphatic carbocycles. The van der Waals surface area contributed by atoms with Crippen molar-refractivity contribution in [2.45, 2.75) is 45.3 Å². The zero-order valence-electron chi connectivity index (χ0n) is 14.1. The Morgan fingerprint density at radius 2 is 1.92 bits per heavy atom. The second-order valence-corrected chi connectivity index (χ2v) is 8.76. The van der Waals surface area contributed by atoms with Crippen LogP contribution in [0, 0.1) is 13.8 Å². The van der Waals surface area contributed by atoms with Crippen molar-refractivity contribution in [3.63, 3.8) is 0 Å². The monoisotopic (exact) mass is 355 g/mol. The third kappa shape index (κ3) is 2.93. The summed E-state index contributed by atoms with van der Waals surface area (Å²) >= 11 is 3.57. The van der Waals surface area contributed by atoms with Crippen molar-refractivity contribution in [3.05, 3.63) is 55.1 Å². The van der Waals surface area contributed by atoms with E-state index >= 15 is 0 Å². The molecular weight excluding hydrogens is 334 g/mol. The minimum Gasteiger partial charge on any atom is -0.322 e. The third-order valence-electron chi connectivity index (χ3n) is 4.93. The van der Waals surface area contributed by atoms with E-state index in [9.17, 15) is 4.79 Å². The second kappa shape index (κ2) is 6.41. The van der Waals surface area contributed by atoms with Gasteiger partial charge >= 0.3 is 0 Å². The van der Waals surface area contributed by atoms with Crippen molar-refractivity contribution >= 4 is 40.8 Å². The fourth-order valence-electron chi connectivity index (χ4n) is 3.38. The molecule has 1 N–H and O–H groups in total. The molecule has 0 radical (unpaired) electrons. The van der Waals surface area contributed by atoms with Crippen molar-refractivity contribution in [2.75, 3.05) is 5.32 Å². The van der Waals surface area contributed by atoms with Gasteiger partial charge in [-0.2, -0.15) is 0 Å². The Morgan fingerprint density at radius 1 is 1.08 bits per heavy atom. The molecule has 0 saturated carbocycles. The summed E-state index contributed by atoms with van der Waals surface area (Å²) in [6, 6.07) is 6.07. The molecule has 0 bridgehead atoms. The lowest BCUT2D eigenvalue weighted by Gasteiger charge is -2.16. The zero-order chi connectivity index (χ0) is 16.7. The van der Waals surface area contributed by atoms with Gasteiger partial charge in [-0.3, -0.25) is 4.79 Å². The molecule has 1 amide bonds. The van der Waals surface area contributed by atoms with Crippen LogP contribution in [0.1, 0.15) is 44.8 Å². The molecule has 2 aliphatic rings. The van der Waals surface area contributed by atoms with Crippen LogP contribution in [-0.2, 0) is 23.4 Å². The van der Waals surface area contributed by atoms with Gasteiger partial charge in [0, 0.05) is 21.2 Å². The quantitative estimate of drug-likeness (QED) is 0.774. The fraction of sp³-hybridized carbons (Fsp3) is 0.350. The van der Waals surface area contributed by atoms with Gasteiger partial charge in [0.15, 0.2) is 0 Å². The van der Waals surface area contributed by atoms with E-state index in [-0.39, 0.29) is 5.91 Å². The van der Waals surface area contributed by atoms with E-state index in [0.29, 0.717) is 0 Å². The molecule has 1 aliphatic heterocycles. The van der Waals surface area contributed by atoms with Gasteiger partial charge in [0.25, 0.3) is 5.91 Å². The van der Waals surface area contributed by atoms with Crippen molar-refractivity contribution in [3.8, 4) is 0 Å². The van der Waals surface area contributed by atoms with Crippen molar-refractivity contribution < 1.29 is 4.79 Å². The molecule has 4 heteroatoms. The summed E-state index contributed by atoms with van der Waals surface area (Å²) in [6.07, 6.45) is 7.16. The van der Waals surface area contributed by atoms with Gasteiger partial charge in [0.1, 0.15) is 0 Å². The maximum absolute atomic E-state index is 12.6. The third-order valence-corrected chi connectivity index (χ3v) is 7.26. The summed E-state index contributed by atoms with van der Waals surface area (Å²) in [5.74, 6) is 0.952. The summed E-state index contributed by atoms with van der Waals surface area (Å²) in [6.45, 7) is 4.16. The van der Waals surface area contributed by atoms with E-state index in [1.165, 1.54) is 47.3 Å². The highest BCUT2D eigenvalue weighted by molar-refractivity contribution is 8.03. The average molecular weight is 356 g/mol. The van der Waals surface area contributed by atoms with Gasteiger partial charge in [0.05, 0.1) is 4.91 Å². The summed E-state index contributed by atoms with van der Waals surface area (Å²) in [4.78, 5) is 16.3. The number of hydrogen-bond donors (Lipinski definition) is 1. The lowest BCUT2D eigenvalue weighted by Crippen LogP contribution is -2.14. The molecule has 0 spiro atoms. The molecule has 1 aromatic heterocycles. The minimum absolute atomic E-state index is 0.0141. The van der Waals surface area contributed by atoms with Gasteiger partial charge in [-0.25, -0.2) is 0 Å². The Labute approximate surface area is 151 Å². The first-order valence-electron chi connectivity index (χ1n) is 8.48. The molecule has 0 atom stereocenters. The summed E-state index contributed by atoms with van der Waals surface area (Å²) < 4.78 is 0. The molecule has 2 nitrogen and oxygen atoms in total. The molecule has 1 aromatic carbocycles. The smallest absolute Gasteiger partial charge is 0.262 e. The molecular formula is C20H21NOS2.